The Kier molecular flexibility index (Phi) is 47.2. The minimum atomic E-state index is -2.00. The number of rotatable bonds is 49. The number of allylic oxidation sites excluding steroid dienone is 6. The highest BCUT2D eigenvalue weighted by Crippen LogP contribution is 2.25. The Bertz CT molecular complexity index is 961. The zero-order valence-electron chi connectivity index (χ0n) is 42.3. The van der Waals surface area contributed by atoms with E-state index in [1.807, 2.05) is 0 Å². The second-order valence-corrected chi connectivity index (χ2v) is 18.5. The molecule has 0 N–H and O–H groups in total. The van der Waals surface area contributed by atoms with Gasteiger partial charge in [0.15, 0.2) is 0 Å². The first-order chi connectivity index (χ1) is 30.9. The number of esters is 3. The second-order valence-electron chi connectivity index (χ2n) is 18.5. The van der Waals surface area contributed by atoms with Gasteiger partial charge in [-0.2, -0.15) is 0 Å². The van der Waals surface area contributed by atoms with Crippen LogP contribution in [0.25, 0.3) is 0 Å². The minimum Gasteiger partial charge on any atom is -0.388 e. The molecule has 0 heterocycles. The monoisotopic (exact) mass is 885 g/mol. The molecule has 0 aromatic heterocycles. The average molecular weight is 885 g/mol. The lowest BCUT2D eigenvalue weighted by Crippen LogP contribution is -2.44. The first-order valence-electron chi connectivity index (χ1n) is 27.5. The molecule has 0 fully saturated rings. The standard InChI is InChI=1S/C57H104O6/c1-5-9-12-15-18-21-24-27-30-33-36-39-42-45-48-51-54(58)61-57(8-4,62-55(59)52-49-46-43-40-37-34-31-28-25-22-19-16-13-10-6-2)63-56(60)53-50-47-44-41-38-35-32-29-26-23-20-17-14-11-7-3/h27-32H,5-26,33-53H2,1-4H3/b30-27-,31-28-,32-29-. The van der Waals surface area contributed by atoms with Gasteiger partial charge in [-0.3, -0.25) is 14.4 Å². The van der Waals surface area contributed by atoms with Crippen molar-refractivity contribution in [1.82, 2.24) is 0 Å². The SMILES string of the molecule is CCCCCCCC/C=C\CCCCCCCC(=O)OC(CC)(OC(=O)CCCCCCC/C=C\CCCCCCCC)OC(=O)CCCCCCC/C=C\CCCCCCCC. The predicted molar refractivity (Wildman–Crippen MR) is 270 cm³/mol. The van der Waals surface area contributed by atoms with Crippen LogP contribution < -0.4 is 0 Å². The summed E-state index contributed by atoms with van der Waals surface area (Å²) in [6.07, 6.45) is 60.6. The molecular formula is C57H104O6. The largest absolute Gasteiger partial charge is 0.423 e. The van der Waals surface area contributed by atoms with Gasteiger partial charge in [-0.25, -0.2) is 0 Å². The minimum absolute atomic E-state index is 0.0569. The van der Waals surface area contributed by atoms with E-state index in [-0.39, 0.29) is 25.7 Å². The van der Waals surface area contributed by atoms with E-state index in [1.54, 1.807) is 6.92 Å². The number of carbonyl (C=O) groups is 3. The lowest BCUT2D eigenvalue weighted by Gasteiger charge is -2.30. The van der Waals surface area contributed by atoms with Gasteiger partial charge in [0.25, 0.3) is 0 Å². The highest BCUT2D eigenvalue weighted by atomic mass is 16.9. The quantitative estimate of drug-likeness (QED) is 0.0262. The van der Waals surface area contributed by atoms with E-state index in [4.69, 9.17) is 14.2 Å². The molecule has 0 aromatic carbocycles. The lowest BCUT2D eigenvalue weighted by atomic mass is 10.1. The predicted octanol–water partition coefficient (Wildman–Crippen LogP) is 18.8. The third-order valence-corrected chi connectivity index (χ3v) is 12.2. The number of unbranched alkanes of at least 4 members (excludes halogenated alkanes) is 33. The Labute approximate surface area is 391 Å². The summed E-state index contributed by atoms with van der Waals surface area (Å²) in [5.74, 6) is -3.47. The summed E-state index contributed by atoms with van der Waals surface area (Å²) >= 11 is 0. The Morgan fingerprint density at radius 2 is 0.476 bits per heavy atom. The van der Waals surface area contributed by atoms with E-state index in [2.05, 4.69) is 57.2 Å². The fourth-order valence-electron chi connectivity index (χ4n) is 7.97. The molecule has 6 nitrogen and oxygen atoms in total. The fourth-order valence-corrected chi connectivity index (χ4v) is 7.97. The molecule has 0 radical (unpaired) electrons. The molecule has 0 saturated carbocycles. The van der Waals surface area contributed by atoms with Crippen molar-refractivity contribution in [1.29, 1.82) is 0 Å². The summed E-state index contributed by atoms with van der Waals surface area (Å²) in [6, 6.07) is 0. The summed E-state index contributed by atoms with van der Waals surface area (Å²) in [5, 5.41) is 0. The Hall–Kier alpha value is -2.37. The van der Waals surface area contributed by atoms with Crippen LogP contribution in [0.1, 0.15) is 304 Å². The van der Waals surface area contributed by atoms with Crippen molar-refractivity contribution in [3.63, 3.8) is 0 Å². The highest BCUT2D eigenvalue weighted by molar-refractivity contribution is 5.74. The van der Waals surface area contributed by atoms with E-state index in [9.17, 15) is 14.4 Å². The van der Waals surface area contributed by atoms with Crippen LogP contribution in [0.5, 0.6) is 0 Å². The molecule has 0 aromatic rings. The van der Waals surface area contributed by atoms with Gasteiger partial charge < -0.3 is 14.2 Å². The molecular weight excluding hydrogens is 781 g/mol. The average Bonchev–Trinajstić information content (AvgIpc) is 3.27. The van der Waals surface area contributed by atoms with Crippen LogP contribution in [0.15, 0.2) is 36.5 Å². The van der Waals surface area contributed by atoms with Gasteiger partial charge >= 0.3 is 23.9 Å². The molecule has 0 aliphatic heterocycles. The Morgan fingerprint density at radius 1 is 0.286 bits per heavy atom. The maximum atomic E-state index is 13.1. The van der Waals surface area contributed by atoms with E-state index in [1.165, 1.54) is 135 Å². The van der Waals surface area contributed by atoms with Crippen LogP contribution in [0.3, 0.4) is 0 Å². The lowest BCUT2D eigenvalue weighted by molar-refractivity contribution is -0.331. The van der Waals surface area contributed by atoms with Gasteiger partial charge in [0.2, 0.25) is 0 Å². The molecule has 0 bridgehead atoms. The van der Waals surface area contributed by atoms with E-state index in [0.717, 1.165) is 96.3 Å². The molecule has 0 saturated heterocycles. The second kappa shape index (κ2) is 49.1. The van der Waals surface area contributed by atoms with Crippen molar-refractivity contribution in [2.75, 3.05) is 0 Å². The van der Waals surface area contributed by atoms with Crippen molar-refractivity contribution >= 4 is 17.9 Å². The third kappa shape index (κ3) is 44.6. The topological polar surface area (TPSA) is 78.9 Å². The number of ether oxygens (including phenoxy) is 3. The molecule has 0 aliphatic carbocycles. The van der Waals surface area contributed by atoms with Crippen molar-refractivity contribution in [3.05, 3.63) is 36.5 Å². The summed E-state index contributed by atoms with van der Waals surface area (Å²) < 4.78 is 17.3. The summed E-state index contributed by atoms with van der Waals surface area (Å²) in [5.41, 5.74) is 0. The van der Waals surface area contributed by atoms with E-state index in [0.29, 0.717) is 19.3 Å². The van der Waals surface area contributed by atoms with Gasteiger partial charge in [0.05, 0.1) is 6.42 Å². The molecule has 6 heteroatoms. The molecule has 0 atom stereocenters. The smallest absolute Gasteiger partial charge is 0.388 e. The maximum Gasteiger partial charge on any atom is 0.423 e. The molecule has 0 amide bonds. The number of hydrogen-bond acceptors (Lipinski definition) is 6. The van der Waals surface area contributed by atoms with Crippen molar-refractivity contribution < 1.29 is 28.6 Å². The number of carbonyl (C=O) groups excluding carboxylic acids is 3. The summed E-state index contributed by atoms with van der Waals surface area (Å²) in [7, 11) is 0. The normalized spacial score (nSPS) is 12.0. The summed E-state index contributed by atoms with van der Waals surface area (Å²) in [6.45, 7) is 8.52. The number of hydrogen-bond donors (Lipinski definition) is 0. The zero-order valence-corrected chi connectivity index (χ0v) is 42.3. The fraction of sp³-hybridized carbons (Fsp3) is 0.842. The molecule has 0 rings (SSSR count). The molecule has 63 heavy (non-hydrogen) atoms. The van der Waals surface area contributed by atoms with E-state index < -0.39 is 23.9 Å². The molecule has 368 valence electrons. The molecule has 0 spiro atoms. The molecule has 0 aliphatic rings. The van der Waals surface area contributed by atoms with Crippen LogP contribution in [-0.4, -0.2) is 23.9 Å². The van der Waals surface area contributed by atoms with Crippen LogP contribution in [0.4, 0.5) is 0 Å². The van der Waals surface area contributed by atoms with Crippen molar-refractivity contribution in [2.24, 2.45) is 0 Å². The van der Waals surface area contributed by atoms with Crippen LogP contribution in [0.2, 0.25) is 0 Å². The van der Waals surface area contributed by atoms with Gasteiger partial charge in [-0.1, -0.05) is 218 Å². The van der Waals surface area contributed by atoms with Crippen LogP contribution in [0, 0.1) is 0 Å². The van der Waals surface area contributed by atoms with Gasteiger partial charge in [-0.15, -0.1) is 0 Å². The van der Waals surface area contributed by atoms with Gasteiger partial charge in [0, 0.05) is 19.3 Å². The van der Waals surface area contributed by atoms with Crippen molar-refractivity contribution in [3.8, 4) is 0 Å². The van der Waals surface area contributed by atoms with Gasteiger partial charge in [0.1, 0.15) is 0 Å². The van der Waals surface area contributed by atoms with E-state index >= 15 is 0 Å². The van der Waals surface area contributed by atoms with Crippen molar-refractivity contribution in [2.45, 2.75) is 310 Å². The van der Waals surface area contributed by atoms with Crippen LogP contribution >= 0.6 is 0 Å². The maximum absolute atomic E-state index is 13.1. The Balaban J connectivity index is 4.67. The Morgan fingerprint density at radius 3 is 0.683 bits per heavy atom. The highest BCUT2D eigenvalue weighted by Gasteiger charge is 2.41. The summed E-state index contributed by atoms with van der Waals surface area (Å²) in [4.78, 5) is 39.3. The first kappa shape index (κ1) is 60.6. The third-order valence-electron chi connectivity index (χ3n) is 12.2. The zero-order chi connectivity index (χ0) is 46.0. The van der Waals surface area contributed by atoms with Gasteiger partial charge in [-0.05, 0) is 96.3 Å². The molecule has 0 unspecified atom stereocenters. The first-order valence-corrected chi connectivity index (χ1v) is 27.5. The van der Waals surface area contributed by atoms with Crippen LogP contribution in [-0.2, 0) is 28.6 Å².